The van der Waals surface area contributed by atoms with Crippen molar-refractivity contribution < 1.29 is 9.84 Å². The molecule has 21 heavy (non-hydrogen) atoms. The number of aliphatic hydroxyl groups excluding tert-OH is 1. The average Bonchev–Trinajstić information content (AvgIpc) is 2.88. The van der Waals surface area contributed by atoms with Crippen LogP contribution in [0.2, 0.25) is 0 Å². The van der Waals surface area contributed by atoms with Gasteiger partial charge >= 0.3 is 0 Å². The van der Waals surface area contributed by atoms with Gasteiger partial charge in [-0.25, -0.2) is 0 Å². The van der Waals surface area contributed by atoms with Crippen molar-refractivity contribution in [2.45, 2.75) is 70.0 Å². The fraction of sp³-hybridized carbons (Fsp3) is 0.824. The molecule has 1 aromatic rings. The Labute approximate surface area is 127 Å². The fourth-order valence-corrected chi connectivity index (χ4v) is 4.21. The van der Waals surface area contributed by atoms with E-state index >= 15 is 0 Å². The molecule has 1 saturated heterocycles. The van der Waals surface area contributed by atoms with Crippen molar-refractivity contribution in [1.82, 2.24) is 9.78 Å². The molecule has 1 N–H and O–H groups in total. The molecule has 2 unspecified atom stereocenters. The van der Waals surface area contributed by atoms with E-state index in [1.54, 1.807) is 0 Å². The molecule has 0 bridgehead atoms. The summed E-state index contributed by atoms with van der Waals surface area (Å²) in [6.07, 6.45) is 10.7. The van der Waals surface area contributed by atoms with Crippen molar-refractivity contribution in [2.24, 2.45) is 13.0 Å². The van der Waals surface area contributed by atoms with Crippen molar-refractivity contribution in [3.05, 3.63) is 17.5 Å². The molecule has 118 valence electrons. The van der Waals surface area contributed by atoms with E-state index in [1.807, 2.05) is 17.9 Å². The second-order valence-corrected chi connectivity index (χ2v) is 6.85. The molecule has 3 rings (SSSR count). The molecular formula is C17H28N2O2. The van der Waals surface area contributed by atoms with Crippen LogP contribution < -0.4 is 0 Å². The SMILES string of the molecule is CCc1nn(C)cc1C(O)C1CCOC2(CCCCC2)C1. The standard InChI is InChI=1S/C17H28N2O2/c1-3-15-14(12-19(2)18-15)16(20)13-7-10-21-17(11-13)8-5-4-6-9-17/h12-13,16,20H,3-11H2,1-2H3. The Kier molecular flexibility index (Phi) is 4.36. The lowest BCUT2D eigenvalue weighted by molar-refractivity contribution is -0.134. The van der Waals surface area contributed by atoms with Crippen molar-refractivity contribution in [3.63, 3.8) is 0 Å². The lowest BCUT2D eigenvalue weighted by atomic mass is 9.74. The van der Waals surface area contributed by atoms with Crippen LogP contribution in [0, 0.1) is 5.92 Å². The zero-order valence-corrected chi connectivity index (χ0v) is 13.3. The van der Waals surface area contributed by atoms with Gasteiger partial charge in [-0.15, -0.1) is 0 Å². The molecule has 1 spiro atoms. The van der Waals surface area contributed by atoms with Gasteiger partial charge in [0.25, 0.3) is 0 Å². The Balaban J connectivity index is 1.76. The minimum absolute atomic E-state index is 0.0523. The number of rotatable bonds is 3. The Hall–Kier alpha value is -0.870. The van der Waals surface area contributed by atoms with Crippen LogP contribution >= 0.6 is 0 Å². The molecule has 4 heteroatoms. The second-order valence-electron chi connectivity index (χ2n) is 6.85. The summed E-state index contributed by atoms with van der Waals surface area (Å²) in [5.41, 5.74) is 2.11. The summed E-state index contributed by atoms with van der Waals surface area (Å²) in [6, 6.07) is 0. The maximum atomic E-state index is 10.9. The van der Waals surface area contributed by atoms with Gasteiger partial charge in [0.2, 0.25) is 0 Å². The largest absolute Gasteiger partial charge is 0.388 e. The second kappa shape index (κ2) is 6.09. The van der Waals surface area contributed by atoms with Crippen LogP contribution in [0.15, 0.2) is 6.20 Å². The third-order valence-corrected chi connectivity index (χ3v) is 5.33. The number of aromatic nitrogens is 2. The summed E-state index contributed by atoms with van der Waals surface area (Å²) >= 11 is 0. The molecule has 2 atom stereocenters. The van der Waals surface area contributed by atoms with Crippen LogP contribution in [0.5, 0.6) is 0 Å². The van der Waals surface area contributed by atoms with Crippen molar-refractivity contribution in [2.75, 3.05) is 6.61 Å². The van der Waals surface area contributed by atoms with Gasteiger partial charge in [0, 0.05) is 25.4 Å². The van der Waals surface area contributed by atoms with Gasteiger partial charge in [0.1, 0.15) is 0 Å². The number of ether oxygens (including phenoxy) is 1. The molecule has 1 aliphatic carbocycles. The number of aryl methyl sites for hydroxylation is 2. The molecule has 0 aromatic carbocycles. The number of hydrogen-bond donors (Lipinski definition) is 1. The Morgan fingerprint density at radius 3 is 2.90 bits per heavy atom. The predicted molar refractivity (Wildman–Crippen MR) is 82.0 cm³/mol. The Bertz CT molecular complexity index is 472. The van der Waals surface area contributed by atoms with Gasteiger partial charge in [-0.3, -0.25) is 4.68 Å². The minimum atomic E-state index is -0.392. The van der Waals surface area contributed by atoms with E-state index in [0.717, 1.165) is 37.1 Å². The van der Waals surface area contributed by atoms with Gasteiger partial charge < -0.3 is 9.84 Å². The smallest absolute Gasteiger partial charge is 0.0853 e. The molecule has 1 saturated carbocycles. The molecule has 0 amide bonds. The van der Waals surface area contributed by atoms with Crippen LogP contribution in [-0.2, 0) is 18.2 Å². The first-order chi connectivity index (χ1) is 10.1. The Morgan fingerprint density at radius 1 is 1.43 bits per heavy atom. The van der Waals surface area contributed by atoms with Crippen molar-refractivity contribution >= 4 is 0 Å². The van der Waals surface area contributed by atoms with Crippen LogP contribution in [0.3, 0.4) is 0 Å². The third kappa shape index (κ3) is 3.02. The van der Waals surface area contributed by atoms with Crippen molar-refractivity contribution in [3.8, 4) is 0 Å². The summed E-state index contributed by atoms with van der Waals surface area (Å²) in [4.78, 5) is 0. The predicted octanol–water partition coefficient (Wildman–Crippen LogP) is 3.15. The molecule has 1 aliphatic heterocycles. The maximum absolute atomic E-state index is 10.9. The number of aliphatic hydroxyl groups is 1. The van der Waals surface area contributed by atoms with Crippen molar-refractivity contribution in [1.29, 1.82) is 0 Å². The van der Waals surface area contributed by atoms with Gasteiger partial charge in [-0.05, 0) is 38.0 Å². The fourth-order valence-electron chi connectivity index (χ4n) is 4.21. The highest BCUT2D eigenvalue weighted by Crippen LogP contribution is 2.44. The van der Waals surface area contributed by atoms with E-state index in [1.165, 1.54) is 32.1 Å². The van der Waals surface area contributed by atoms with Gasteiger partial charge in [0.15, 0.2) is 0 Å². The molecule has 1 aromatic heterocycles. The monoisotopic (exact) mass is 292 g/mol. The van der Waals surface area contributed by atoms with E-state index in [2.05, 4.69) is 12.0 Å². The summed E-state index contributed by atoms with van der Waals surface area (Å²) < 4.78 is 7.98. The minimum Gasteiger partial charge on any atom is -0.388 e. The van der Waals surface area contributed by atoms with Gasteiger partial charge in [-0.2, -0.15) is 5.10 Å². The normalized spacial score (nSPS) is 26.9. The topological polar surface area (TPSA) is 47.3 Å². The highest BCUT2D eigenvalue weighted by Gasteiger charge is 2.41. The number of nitrogens with zero attached hydrogens (tertiary/aromatic N) is 2. The lowest BCUT2D eigenvalue weighted by Gasteiger charge is -2.44. The quantitative estimate of drug-likeness (QED) is 0.931. The van der Waals surface area contributed by atoms with E-state index < -0.39 is 6.10 Å². The molecule has 2 aliphatic rings. The van der Waals surface area contributed by atoms with Crippen LogP contribution in [0.25, 0.3) is 0 Å². The summed E-state index contributed by atoms with van der Waals surface area (Å²) in [5.74, 6) is 0.311. The van der Waals surface area contributed by atoms with E-state index in [4.69, 9.17) is 4.74 Å². The first-order valence-electron chi connectivity index (χ1n) is 8.48. The zero-order chi connectivity index (χ0) is 14.9. The van der Waals surface area contributed by atoms with Gasteiger partial charge in [0.05, 0.1) is 17.4 Å². The Morgan fingerprint density at radius 2 is 2.19 bits per heavy atom. The molecule has 0 radical (unpaired) electrons. The van der Waals surface area contributed by atoms with E-state index in [9.17, 15) is 5.11 Å². The lowest BCUT2D eigenvalue weighted by Crippen LogP contribution is -2.42. The maximum Gasteiger partial charge on any atom is 0.0853 e. The van der Waals surface area contributed by atoms with Crippen LogP contribution in [-0.4, -0.2) is 27.1 Å². The van der Waals surface area contributed by atoms with E-state index in [0.29, 0.717) is 5.92 Å². The molecule has 2 fully saturated rings. The first kappa shape index (κ1) is 15.0. The van der Waals surface area contributed by atoms with E-state index in [-0.39, 0.29) is 5.60 Å². The zero-order valence-electron chi connectivity index (χ0n) is 13.3. The molecule has 4 nitrogen and oxygen atoms in total. The highest BCUT2D eigenvalue weighted by molar-refractivity contribution is 5.21. The number of hydrogen-bond acceptors (Lipinski definition) is 3. The van der Waals surface area contributed by atoms with Crippen LogP contribution in [0.4, 0.5) is 0 Å². The molecule has 2 heterocycles. The third-order valence-electron chi connectivity index (χ3n) is 5.33. The summed E-state index contributed by atoms with van der Waals surface area (Å²) in [7, 11) is 1.93. The average molecular weight is 292 g/mol. The first-order valence-corrected chi connectivity index (χ1v) is 8.48. The molecular weight excluding hydrogens is 264 g/mol. The summed E-state index contributed by atoms with van der Waals surface area (Å²) in [6.45, 7) is 2.90. The van der Waals surface area contributed by atoms with Gasteiger partial charge in [-0.1, -0.05) is 26.2 Å². The highest BCUT2D eigenvalue weighted by atomic mass is 16.5. The van der Waals surface area contributed by atoms with Crippen LogP contribution in [0.1, 0.15) is 69.2 Å². The summed E-state index contributed by atoms with van der Waals surface area (Å²) in [5, 5.41) is 15.4.